The molecule has 62 valence electrons. The van der Waals surface area contributed by atoms with Gasteiger partial charge in [0.1, 0.15) is 5.76 Å². The van der Waals surface area contributed by atoms with Crippen molar-refractivity contribution in [1.29, 1.82) is 0 Å². The first kappa shape index (κ1) is 8.17. The van der Waals surface area contributed by atoms with E-state index >= 15 is 0 Å². The normalized spacial score (nSPS) is 17.9. The molecule has 0 amide bonds. The van der Waals surface area contributed by atoms with Crippen LogP contribution >= 0.6 is 0 Å². The van der Waals surface area contributed by atoms with Gasteiger partial charge < -0.3 is 4.74 Å². The summed E-state index contributed by atoms with van der Waals surface area (Å²) in [5.74, 6) is -0.108. The molecule has 0 aromatic carbocycles. The Morgan fingerprint density at radius 2 is 2.00 bits per heavy atom. The lowest BCUT2D eigenvalue weighted by atomic mass is 10.2. The molecule has 0 heterocycles. The van der Waals surface area contributed by atoms with E-state index in [0.29, 0.717) is 6.42 Å². The Morgan fingerprint density at radius 3 is 2.45 bits per heavy atom. The minimum atomic E-state index is -4.56. The predicted octanol–water partition coefficient (Wildman–Crippen LogP) is 2.76. The van der Waals surface area contributed by atoms with Crippen LogP contribution in [0, 0.1) is 0 Å². The summed E-state index contributed by atoms with van der Waals surface area (Å²) in [5.41, 5.74) is 0. The smallest absolute Gasteiger partial charge is 0.406 e. The molecule has 0 aliphatic heterocycles. The van der Waals surface area contributed by atoms with E-state index in [1.807, 2.05) is 0 Å². The standard InChI is InChI=1S/C7H7F3O/c8-7(9,10)11-6-4-2-1-3-5-6/h2,4-5H,1,3H2. The van der Waals surface area contributed by atoms with Crippen LogP contribution < -0.4 is 0 Å². The van der Waals surface area contributed by atoms with Gasteiger partial charge in [0.2, 0.25) is 0 Å². The maximum absolute atomic E-state index is 11.5. The maximum Gasteiger partial charge on any atom is 0.573 e. The number of alkyl halides is 3. The molecule has 0 unspecified atom stereocenters. The van der Waals surface area contributed by atoms with Gasteiger partial charge in [-0.2, -0.15) is 0 Å². The van der Waals surface area contributed by atoms with E-state index in [4.69, 9.17) is 0 Å². The Bertz CT molecular complexity index is 190. The van der Waals surface area contributed by atoms with Crippen molar-refractivity contribution in [2.24, 2.45) is 0 Å². The first-order valence-corrected chi connectivity index (χ1v) is 3.20. The first-order valence-electron chi connectivity index (χ1n) is 3.20. The number of ether oxygens (including phenoxy) is 1. The zero-order chi connectivity index (χ0) is 8.32. The van der Waals surface area contributed by atoms with Crippen molar-refractivity contribution in [2.45, 2.75) is 19.2 Å². The van der Waals surface area contributed by atoms with Crippen LogP contribution in [0.25, 0.3) is 0 Å². The number of hydrogen-bond acceptors (Lipinski definition) is 1. The summed E-state index contributed by atoms with van der Waals surface area (Å²) in [5, 5.41) is 0. The molecule has 1 aliphatic carbocycles. The second kappa shape index (κ2) is 2.98. The van der Waals surface area contributed by atoms with Gasteiger partial charge in [-0.05, 0) is 25.0 Å². The highest BCUT2D eigenvalue weighted by Gasteiger charge is 2.31. The molecule has 0 saturated heterocycles. The minimum Gasteiger partial charge on any atom is -0.406 e. The largest absolute Gasteiger partial charge is 0.573 e. The molecule has 0 aromatic heterocycles. The Morgan fingerprint density at radius 1 is 1.27 bits per heavy atom. The highest BCUT2D eigenvalue weighted by molar-refractivity contribution is 5.16. The monoisotopic (exact) mass is 164 g/mol. The molecule has 11 heavy (non-hydrogen) atoms. The van der Waals surface area contributed by atoms with Gasteiger partial charge in [-0.1, -0.05) is 6.08 Å². The molecule has 0 spiro atoms. The third-order valence-corrected chi connectivity index (χ3v) is 1.19. The number of allylic oxidation sites excluding steroid dienone is 3. The molecule has 0 saturated carbocycles. The van der Waals surface area contributed by atoms with E-state index in [2.05, 4.69) is 4.74 Å². The zero-order valence-corrected chi connectivity index (χ0v) is 5.69. The Kier molecular flexibility index (Phi) is 2.22. The van der Waals surface area contributed by atoms with Crippen molar-refractivity contribution in [1.82, 2.24) is 0 Å². The van der Waals surface area contributed by atoms with Crippen LogP contribution in [0.5, 0.6) is 0 Å². The van der Waals surface area contributed by atoms with Crippen molar-refractivity contribution in [3.05, 3.63) is 24.0 Å². The molecular formula is C7H7F3O. The van der Waals surface area contributed by atoms with E-state index in [1.54, 1.807) is 6.08 Å². The highest BCUT2D eigenvalue weighted by atomic mass is 19.4. The van der Waals surface area contributed by atoms with Crippen LogP contribution in [0.3, 0.4) is 0 Å². The molecule has 1 nitrogen and oxygen atoms in total. The van der Waals surface area contributed by atoms with Gasteiger partial charge in [0.15, 0.2) is 0 Å². The molecule has 0 atom stereocenters. The Hall–Kier alpha value is -0.930. The third kappa shape index (κ3) is 3.11. The maximum atomic E-state index is 11.5. The lowest BCUT2D eigenvalue weighted by molar-refractivity contribution is -0.303. The first-order chi connectivity index (χ1) is 5.08. The van der Waals surface area contributed by atoms with Crippen LogP contribution in [0.2, 0.25) is 0 Å². The summed E-state index contributed by atoms with van der Waals surface area (Å²) in [6, 6.07) is 0. The molecular weight excluding hydrogens is 157 g/mol. The molecule has 0 radical (unpaired) electrons. The summed E-state index contributed by atoms with van der Waals surface area (Å²) in [7, 11) is 0. The molecule has 0 aromatic rings. The zero-order valence-electron chi connectivity index (χ0n) is 5.69. The summed E-state index contributed by atoms with van der Waals surface area (Å²) in [6.07, 6.45) is 1.24. The summed E-state index contributed by atoms with van der Waals surface area (Å²) < 4.78 is 38.3. The molecule has 1 aliphatic rings. The number of hydrogen-bond donors (Lipinski definition) is 0. The Balaban J connectivity index is 2.49. The van der Waals surface area contributed by atoms with Crippen LogP contribution in [-0.2, 0) is 4.74 Å². The van der Waals surface area contributed by atoms with Crippen LogP contribution in [0.15, 0.2) is 24.0 Å². The van der Waals surface area contributed by atoms with Crippen molar-refractivity contribution >= 4 is 0 Å². The summed E-state index contributed by atoms with van der Waals surface area (Å²) in [4.78, 5) is 0. The lowest BCUT2D eigenvalue weighted by Gasteiger charge is -2.11. The van der Waals surface area contributed by atoms with Crippen molar-refractivity contribution in [3.63, 3.8) is 0 Å². The number of rotatable bonds is 1. The second-order valence-corrected chi connectivity index (χ2v) is 2.13. The number of halogens is 3. The second-order valence-electron chi connectivity index (χ2n) is 2.13. The van der Waals surface area contributed by atoms with Crippen LogP contribution in [-0.4, -0.2) is 6.36 Å². The van der Waals surface area contributed by atoms with Gasteiger partial charge in [-0.25, -0.2) is 0 Å². The average Bonchev–Trinajstić information content (AvgIpc) is 1.85. The van der Waals surface area contributed by atoms with E-state index in [1.165, 1.54) is 12.2 Å². The minimum absolute atomic E-state index is 0.108. The molecule has 0 bridgehead atoms. The summed E-state index contributed by atoms with van der Waals surface area (Å²) in [6.45, 7) is 0. The summed E-state index contributed by atoms with van der Waals surface area (Å²) >= 11 is 0. The van der Waals surface area contributed by atoms with Crippen molar-refractivity contribution in [2.75, 3.05) is 0 Å². The third-order valence-electron chi connectivity index (χ3n) is 1.19. The van der Waals surface area contributed by atoms with Gasteiger partial charge >= 0.3 is 6.36 Å². The average molecular weight is 164 g/mol. The SMILES string of the molecule is FC(F)(F)OC1=CCCC=C1. The van der Waals surface area contributed by atoms with Crippen LogP contribution in [0.1, 0.15) is 12.8 Å². The fraction of sp³-hybridized carbons (Fsp3) is 0.429. The van der Waals surface area contributed by atoms with Gasteiger partial charge in [-0.15, -0.1) is 13.2 Å². The Labute approximate surface area is 62.2 Å². The van der Waals surface area contributed by atoms with Gasteiger partial charge in [0.05, 0.1) is 0 Å². The van der Waals surface area contributed by atoms with E-state index < -0.39 is 6.36 Å². The topological polar surface area (TPSA) is 9.23 Å². The molecule has 1 rings (SSSR count). The quantitative estimate of drug-likeness (QED) is 0.579. The molecule has 4 heteroatoms. The predicted molar refractivity (Wildman–Crippen MR) is 33.6 cm³/mol. The van der Waals surface area contributed by atoms with E-state index in [9.17, 15) is 13.2 Å². The van der Waals surface area contributed by atoms with Gasteiger partial charge in [-0.3, -0.25) is 0 Å². The fourth-order valence-corrected chi connectivity index (χ4v) is 0.799. The van der Waals surface area contributed by atoms with Gasteiger partial charge in [0.25, 0.3) is 0 Å². The van der Waals surface area contributed by atoms with E-state index in [0.717, 1.165) is 6.42 Å². The van der Waals surface area contributed by atoms with Gasteiger partial charge in [0, 0.05) is 0 Å². The lowest BCUT2D eigenvalue weighted by Crippen LogP contribution is -2.12. The highest BCUT2D eigenvalue weighted by Crippen LogP contribution is 2.23. The molecule has 0 fully saturated rings. The molecule has 0 N–H and O–H groups in total. The van der Waals surface area contributed by atoms with Crippen molar-refractivity contribution < 1.29 is 17.9 Å². The van der Waals surface area contributed by atoms with Crippen molar-refractivity contribution in [3.8, 4) is 0 Å². The fourth-order valence-electron chi connectivity index (χ4n) is 0.799. The van der Waals surface area contributed by atoms with E-state index in [-0.39, 0.29) is 5.76 Å². The van der Waals surface area contributed by atoms with Crippen LogP contribution in [0.4, 0.5) is 13.2 Å².